The molecule has 1 atom stereocenters. The van der Waals surface area contributed by atoms with Crippen LogP contribution in [0.4, 0.5) is 5.69 Å². The second kappa shape index (κ2) is 15.4. The summed E-state index contributed by atoms with van der Waals surface area (Å²) in [5.74, 6) is -0.810. The quantitative estimate of drug-likeness (QED) is 0.167. The van der Waals surface area contributed by atoms with Crippen molar-refractivity contribution in [3.05, 3.63) is 129 Å². The Labute approximate surface area is 287 Å². The highest BCUT2D eigenvalue weighted by Crippen LogP contribution is 2.29. The number of para-hydroxylation sites is 1. The molecule has 1 aliphatic carbocycles. The van der Waals surface area contributed by atoms with Crippen LogP contribution in [-0.2, 0) is 32.6 Å². The first-order valence-electron chi connectivity index (χ1n) is 15.8. The van der Waals surface area contributed by atoms with Gasteiger partial charge in [0.05, 0.1) is 20.6 Å². The third-order valence-electron chi connectivity index (χ3n) is 8.58. The summed E-state index contributed by atoms with van der Waals surface area (Å²) in [6.45, 7) is 3.17. The number of carbonyl (C=O) groups excluding carboxylic acids is 2. The Morgan fingerprint density at radius 3 is 2.15 bits per heavy atom. The second-order valence-corrected chi connectivity index (χ2v) is 14.8. The lowest BCUT2D eigenvalue weighted by Gasteiger charge is -2.34. The highest BCUT2D eigenvalue weighted by molar-refractivity contribution is 7.92. The Hall–Kier alpha value is -3.85. The molecule has 1 fully saturated rings. The van der Waals surface area contributed by atoms with Crippen LogP contribution in [0.3, 0.4) is 0 Å². The minimum absolute atomic E-state index is 0.0114. The van der Waals surface area contributed by atoms with Crippen molar-refractivity contribution in [2.75, 3.05) is 10.8 Å². The van der Waals surface area contributed by atoms with Gasteiger partial charge in [0.2, 0.25) is 11.8 Å². The minimum atomic E-state index is -4.18. The SMILES string of the molecule is Cc1ccc(S(=O)(=O)N(CC(=O)N(Cc2ccc(Cl)c(Cl)c2)C(Cc2ccccc2)C(=O)NC2CCCC2)c2ccccc2C)cc1. The van der Waals surface area contributed by atoms with Gasteiger partial charge in [0.15, 0.2) is 0 Å². The van der Waals surface area contributed by atoms with Gasteiger partial charge >= 0.3 is 0 Å². The number of nitrogens with one attached hydrogen (secondary N) is 1. The Morgan fingerprint density at radius 2 is 1.49 bits per heavy atom. The van der Waals surface area contributed by atoms with Gasteiger partial charge in [-0.2, -0.15) is 0 Å². The van der Waals surface area contributed by atoms with Crippen LogP contribution in [0, 0.1) is 13.8 Å². The number of halogens is 2. The Morgan fingerprint density at radius 1 is 0.830 bits per heavy atom. The minimum Gasteiger partial charge on any atom is -0.352 e. The Balaban J connectivity index is 1.58. The molecule has 4 aromatic carbocycles. The zero-order valence-electron chi connectivity index (χ0n) is 26.5. The van der Waals surface area contributed by atoms with Crippen molar-refractivity contribution in [1.82, 2.24) is 10.2 Å². The molecule has 7 nitrogen and oxygen atoms in total. The van der Waals surface area contributed by atoms with Crippen LogP contribution in [0.5, 0.6) is 0 Å². The maximum absolute atomic E-state index is 14.7. The summed E-state index contributed by atoms with van der Waals surface area (Å²) in [6.07, 6.45) is 4.05. The first kappa shape index (κ1) is 34.5. The Bertz CT molecular complexity index is 1810. The van der Waals surface area contributed by atoms with Crippen molar-refractivity contribution < 1.29 is 18.0 Å². The number of carbonyl (C=O) groups is 2. The van der Waals surface area contributed by atoms with Crippen molar-refractivity contribution in [2.24, 2.45) is 0 Å². The van der Waals surface area contributed by atoms with Gasteiger partial charge in [-0.25, -0.2) is 8.42 Å². The lowest BCUT2D eigenvalue weighted by molar-refractivity contribution is -0.140. The van der Waals surface area contributed by atoms with Crippen molar-refractivity contribution in [3.8, 4) is 0 Å². The van der Waals surface area contributed by atoms with E-state index in [4.69, 9.17) is 23.2 Å². The summed E-state index contributed by atoms with van der Waals surface area (Å²) in [5.41, 5.74) is 3.50. The molecule has 0 aliphatic heterocycles. The van der Waals surface area contributed by atoms with Gasteiger partial charge in [-0.05, 0) is 73.7 Å². The van der Waals surface area contributed by atoms with Gasteiger partial charge in [0, 0.05) is 19.0 Å². The van der Waals surface area contributed by atoms with Crippen LogP contribution in [0.25, 0.3) is 0 Å². The fourth-order valence-electron chi connectivity index (χ4n) is 5.95. The first-order chi connectivity index (χ1) is 22.5. The van der Waals surface area contributed by atoms with Gasteiger partial charge < -0.3 is 10.2 Å². The van der Waals surface area contributed by atoms with E-state index in [2.05, 4.69) is 5.32 Å². The maximum atomic E-state index is 14.7. The van der Waals surface area contributed by atoms with Crippen LogP contribution >= 0.6 is 23.2 Å². The molecule has 1 saturated carbocycles. The lowest BCUT2D eigenvalue weighted by Crippen LogP contribution is -2.54. The van der Waals surface area contributed by atoms with E-state index in [1.807, 2.05) is 43.3 Å². The number of aryl methyl sites for hydroxylation is 2. The number of hydrogen-bond donors (Lipinski definition) is 1. The molecule has 0 aromatic heterocycles. The molecule has 4 aromatic rings. The van der Waals surface area contributed by atoms with E-state index in [-0.39, 0.29) is 29.8 Å². The van der Waals surface area contributed by atoms with E-state index in [0.29, 0.717) is 26.9 Å². The number of amides is 2. The topological polar surface area (TPSA) is 86.8 Å². The average molecular weight is 693 g/mol. The molecule has 2 amide bonds. The largest absolute Gasteiger partial charge is 0.352 e. The summed E-state index contributed by atoms with van der Waals surface area (Å²) in [7, 11) is -4.18. The Kier molecular flexibility index (Phi) is 11.3. The van der Waals surface area contributed by atoms with Gasteiger partial charge in [-0.15, -0.1) is 0 Å². The molecule has 1 unspecified atom stereocenters. The molecule has 1 aliphatic rings. The normalized spacial score (nSPS) is 14.0. The van der Waals surface area contributed by atoms with Crippen molar-refractivity contribution in [1.29, 1.82) is 0 Å². The molecule has 0 heterocycles. The van der Waals surface area contributed by atoms with Crippen molar-refractivity contribution in [2.45, 2.75) is 69.5 Å². The smallest absolute Gasteiger partial charge is 0.264 e. The fourth-order valence-corrected chi connectivity index (χ4v) is 7.75. The molecule has 0 saturated heterocycles. The zero-order valence-corrected chi connectivity index (χ0v) is 28.9. The third-order valence-corrected chi connectivity index (χ3v) is 11.1. The van der Waals surface area contributed by atoms with E-state index < -0.39 is 28.5 Å². The summed E-state index contributed by atoms with van der Waals surface area (Å²) >= 11 is 12.6. The van der Waals surface area contributed by atoms with Gasteiger partial charge in [-0.3, -0.25) is 13.9 Å². The number of benzene rings is 4. The predicted octanol–water partition coefficient (Wildman–Crippen LogP) is 7.50. The monoisotopic (exact) mass is 691 g/mol. The van der Waals surface area contributed by atoms with Gasteiger partial charge in [0.25, 0.3) is 10.0 Å². The molecule has 47 heavy (non-hydrogen) atoms. The van der Waals surface area contributed by atoms with Gasteiger partial charge in [0.1, 0.15) is 12.6 Å². The van der Waals surface area contributed by atoms with Crippen molar-refractivity contribution in [3.63, 3.8) is 0 Å². The number of anilines is 1. The molecule has 1 N–H and O–H groups in total. The van der Waals surface area contributed by atoms with Crippen LogP contribution in [0.15, 0.2) is 102 Å². The molecule has 0 bridgehead atoms. The second-order valence-electron chi connectivity index (χ2n) is 12.1. The van der Waals surface area contributed by atoms with Crippen molar-refractivity contribution >= 4 is 50.7 Å². The fraction of sp³-hybridized carbons (Fsp3) is 0.297. The number of sulfonamides is 1. The molecule has 246 valence electrons. The highest BCUT2D eigenvalue weighted by Gasteiger charge is 2.36. The molecule has 0 spiro atoms. The van der Waals surface area contributed by atoms with Crippen LogP contribution in [0.2, 0.25) is 10.0 Å². The van der Waals surface area contributed by atoms with E-state index in [1.165, 1.54) is 4.90 Å². The zero-order chi connectivity index (χ0) is 33.6. The summed E-state index contributed by atoms with van der Waals surface area (Å²) < 4.78 is 29.7. The van der Waals surface area contributed by atoms with Crippen LogP contribution in [-0.4, -0.2) is 43.8 Å². The predicted molar refractivity (Wildman–Crippen MR) is 188 cm³/mol. The molecule has 0 radical (unpaired) electrons. The lowest BCUT2D eigenvalue weighted by atomic mass is 10.0. The van der Waals surface area contributed by atoms with Crippen LogP contribution < -0.4 is 9.62 Å². The molecular weight excluding hydrogens is 653 g/mol. The van der Waals surface area contributed by atoms with E-state index in [0.717, 1.165) is 41.1 Å². The standard InChI is InChI=1S/C37H39Cl2N3O4S/c1-26-16-19-31(20-17-26)47(45,46)42(34-15-9-6-10-27(34)2)25-36(43)41(24-29-18-21-32(38)33(39)22-29)35(23-28-11-4-3-5-12-28)37(44)40-30-13-7-8-14-30/h3-6,9-12,15-22,30,35H,7-8,13-14,23-25H2,1-2H3,(H,40,44). The number of rotatable bonds is 12. The number of hydrogen-bond acceptors (Lipinski definition) is 4. The number of nitrogens with zero attached hydrogens (tertiary/aromatic N) is 2. The highest BCUT2D eigenvalue weighted by atomic mass is 35.5. The molecule has 10 heteroatoms. The average Bonchev–Trinajstić information content (AvgIpc) is 3.57. The summed E-state index contributed by atoms with van der Waals surface area (Å²) in [5, 5.41) is 3.86. The van der Waals surface area contributed by atoms with Crippen LogP contribution in [0.1, 0.15) is 47.9 Å². The molecular formula is C37H39Cl2N3O4S. The third kappa shape index (κ3) is 8.55. The first-order valence-corrected chi connectivity index (χ1v) is 18.0. The summed E-state index contributed by atoms with van der Waals surface area (Å²) in [6, 6.07) is 27.3. The van der Waals surface area contributed by atoms with Gasteiger partial charge in [-0.1, -0.05) is 108 Å². The molecule has 5 rings (SSSR count). The summed E-state index contributed by atoms with van der Waals surface area (Å²) in [4.78, 5) is 30.4. The van der Waals surface area contributed by atoms with E-state index in [9.17, 15) is 18.0 Å². The van der Waals surface area contributed by atoms with E-state index in [1.54, 1.807) is 67.6 Å². The van der Waals surface area contributed by atoms with E-state index >= 15 is 0 Å². The maximum Gasteiger partial charge on any atom is 0.264 e.